The second-order valence-corrected chi connectivity index (χ2v) is 9.12. The number of rotatable bonds is 10. The molecule has 3 heterocycles. The normalized spacial score (nSPS) is 16.1. The van der Waals surface area contributed by atoms with Crippen LogP contribution in [-0.4, -0.2) is 64.6 Å². The smallest absolute Gasteiger partial charge is 0.295 e. The van der Waals surface area contributed by atoms with Gasteiger partial charge in [-0.1, -0.05) is 44.2 Å². The van der Waals surface area contributed by atoms with Crippen LogP contribution in [0.15, 0.2) is 53.5 Å². The van der Waals surface area contributed by atoms with Gasteiger partial charge in [-0.25, -0.2) is 9.97 Å². The third-order valence-corrected chi connectivity index (χ3v) is 6.80. The van der Waals surface area contributed by atoms with Crippen LogP contribution in [0.5, 0.6) is 0 Å². The maximum Gasteiger partial charge on any atom is 0.295 e. The van der Waals surface area contributed by atoms with E-state index >= 15 is 0 Å². The quantitative estimate of drug-likeness (QED) is 0.453. The highest BCUT2D eigenvalue weighted by Gasteiger charge is 2.28. The zero-order valence-corrected chi connectivity index (χ0v) is 20.8. The van der Waals surface area contributed by atoms with Crippen LogP contribution in [0.3, 0.4) is 0 Å². The molecule has 1 aliphatic heterocycles. The summed E-state index contributed by atoms with van der Waals surface area (Å²) in [6, 6.07) is 13.6. The number of piperidine rings is 1. The number of hydrogen-bond donors (Lipinski definition) is 1. The van der Waals surface area contributed by atoms with Crippen LogP contribution < -0.4 is 15.8 Å². The number of nitrogens with one attached hydrogen (secondary N) is 1. The highest BCUT2D eigenvalue weighted by Crippen LogP contribution is 2.22. The van der Waals surface area contributed by atoms with Crippen molar-refractivity contribution in [2.75, 3.05) is 44.2 Å². The molecule has 186 valence electrons. The average Bonchev–Trinajstić information content (AvgIpc) is 2.90. The van der Waals surface area contributed by atoms with E-state index in [2.05, 4.69) is 29.0 Å². The molecule has 1 fully saturated rings. The number of pyridine rings is 1. The lowest BCUT2D eigenvalue weighted by Gasteiger charge is -2.32. The van der Waals surface area contributed by atoms with Crippen molar-refractivity contribution in [3.05, 3.63) is 64.6 Å². The highest BCUT2D eigenvalue weighted by atomic mass is 16.2. The summed E-state index contributed by atoms with van der Waals surface area (Å²) in [4.78, 5) is 40.0. The number of benzene rings is 1. The maximum atomic E-state index is 13.6. The number of anilines is 1. The van der Waals surface area contributed by atoms with Gasteiger partial charge < -0.3 is 15.1 Å². The largest absolute Gasteiger partial charge is 0.356 e. The summed E-state index contributed by atoms with van der Waals surface area (Å²) in [6.07, 6.45) is 4.30. The first-order valence-electron chi connectivity index (χ1n) is 12.7. The van der Waals surface area contributed by atoms with Gasteiger partial charge in [-0.05, 0) is 56.6 Å². The van der Waals surface area contributed by atoms with E-state index in [4.69, 9.17) is 4.98 Å². The molecule has 8 heteroatoms. The molecule has 1 aliphatic rings. The minimum atomic E-state index is -0.166. The standard InChI is InChI=1S/C27H36N6O2/c1-3-31(4-2)17-10-16-29-26(34)22-13-9-18-32(20-22)25-27(35)33(19-21-11-6-5-7-12-21)24-23(30-25)14-8-15-28-24/h5-8,11-12,14-15,22H,3-4,9-10,13,16-20H2,1-2H3,(H,29,34)/t22-/m1/s1. The van der Waals surface area contributed by atoms with Crippen LogP contribution in [0.1, 0.15) is 38.7 Å². The van der Waals surface area contributed by atoms with E-state index in [-0.39, 0.29) is 17.4 Å². The van der Waals surface area contributed by atoms with E-state index in [9.17, 15) is 9.59 Å². The number of hydrogen-bond acceptors (Lipinski definition) is 6. The lowest BCUT2D eigenvalue weighted by Crippen LogP contribution is -2.46. The van der Waals surface area contributed by atoms with Crippen LogP contribution in [-0.2, 0) is 11.3 Å². The lowest BCUT2D eigenvalue weighted by atomic mass is 9.97. The number of fused-ring (bicyclic) bond motifs is 1. The topological polar surface area (TPSA) is 83.4 Å². The highest BCUT2D eigenvalue weighted by molar-refractivity contribution is 5.79. The van der Waals surface area contributed by atoms with Crippen LogP contribution >= 0.6 is 0 Å². The SMILES string of the molecule is CCN(CC)CCCNC(=O)[C@@H]1CCCN(c2nc3cccnc3n(Cc3ccccc3)c2=O)C1. The first-order valence-corrected chi connectivity index (χ1v) is 12.7. The number of nitrogens with zero attached hydrogens (tertiary/aromatic N) is 5. The lowest BCUT2D eigenvalue weighted by molar-refractivity contribution is -0.125. The Hall–Kier alpha value is -3.26. The first-order chi connectivity index (χ1) is 17.1. The minimum Gasteiger partial charge on any atom is -0.356 e. The van der Waals surface area contributed by atoms with E-state index in [1.54, 1.807) is 10.8 Å². The Morgan fingerprint density at radius 2 is 1.94 bits per heavy atom. The third-order valence-electron chi connectivity index (χ3n) is 6.80. The summed E-state index contributed by atoms with van der Waals surface area (Å²) < 4.78 is 1.70. The fourth-order valence-electron chi connectivity index (χ4n) is 4.76. The molecule has 0 aliphatic carbocycles. The zero-order chi connectivity index (χ0) is 24.6. The van der Waals surface area contributed by atoms with Gasteiger partial charge >= 0.3 is 0 Å². The van der Waals surface area contributed by atoms with Gasteiger partial charge in [-0.15, -0.1) is 0 Å². The summed E-state index contributed by atoms with van der Waals surface area (Å²) in [5, 5.41) is 3.11. The van der Waals surface area contributed by atoms with Gasteiger partial charge in [0.25, 0.3) is 5.56 Å². The summed E-state index contributed by atoms with van der Waals surface area (Å²) >= 11 is 0. The number of carbonyl (C=O) groups excluding carboxylic acids is 1. The predicted molar refractivity (Wildman–Crippen MR) is 140 cm³/mol. The van der Waals surface area contributed by atoms with Crippen molar-refractivity contribution in [3.8, 4) is 0 Å². The maximum absolute atomic E-state index is 13.6. The summed E-state index contributed by atoms with van der Waals surface area (Å²) in [7, 11) is 0. The molecule has 8 nitrogen and oxygen atoms in total. The molecule has 35 heavy (non-hydrogen) atoms. The van der Waals surface area contributed by atoms with Crippen LogP contribution in [0, 0.1) is 5.92 Å². The van der Waals surface area contributed by atoms with Gasteiger partial charge in [0.15, 0.2) is 11.5 Å². The molecule has 0 spiro atoms. The van der Waals surface area contributed by atoms with E-state index in [1.807, 2.05) is 47.4 Å². The fourth-order valence-corrected chi connectivity index (χ4v) is 4.76. The van der Waals surface area contributed by atoms with Crippen LogP contribution in [0.4, 0.5) is 5.82 Å². The Morgan fingerprint density at radius 3 is 2.71 bits per heavy atom. The number of carbonyl (C=O) groups is 1. The summed E-state index contributed by atoms with van der Waals surface area (Å²) in [6.45, 7) is 9.66. The second kappa shape index (κ2) is 11.9. The zero-order valence-electron chi connectivity index (χ0n) is 20.8. The molecule has 2 aromatic heterocycles. The molecule has 1 saturated heterocycles. The Morgan fingerprint density at radius 1 is 1.14 bits per heavy atom. The van der Waals surface area contributed by atoms with Crippen molar-refractivity contribution in [3.63, 3.8) is 0 Å². The molecular weight excluding hydrogens is 440 g/mol. The van der Waals surface area contributed by atoms with Gasteiger partial charge in [0.2, 0.25) is 5.91 Å². The molecule has 1 atom stereocenters. The third kappa shape index (κ3) is 6.06. The summed E-state index contributed by atoms with van der Waals surface area (Å²) in [5.74, 6) is 0.326. The summed E-state index contributed by atoms with van der Waals surface area (Å²) in [5.41, 5.74) is 2.12. The Kier molecular flexibility index (Phi) is 8.47. The van der Waals surface area contributed by atoms with E-state index < -0.39 is 0 Å². The van der Waals surface area contributed by atoms with E-state index in [1.165, 1.54) is 0 Å². The molecular formula is C27H36N6O2. The Labute approximate surface area is 207 Å². The second-order valence-electron chi connectivity index (χ2n) is 9.12. The van der Waals surface area contributed by atoms with E-state index in [0.29, 0.717) is 43.2 Å². The monoisotopic (exact) mass is 476 g/mol. The minimum absolute atomic E-state index is 0.0707. The predicted octanol–water partition coefficient (Wildman–Crippen LogP) is 2.90. The number of aromatic nitrogens is 3. The van der Waals surface area contributed by atoms with Gasteiger partial charge in [-0.2, -0.15) is 0 Å². The molecule has 0 saturated carbocycles. The van der Waals surface area contributed by atoms with Crippen molar-refractivity contribution in [1.29, 1.82) is 0 Å². The van der Waals surface area contributed by atoms with Crippen molar-refractivity contribution in [2.45, 2.75) is 39.7 Å². The van der Waals surface area contributed by atoms with Crippen molar-refractivity contribution in [2.24, 2.45) is 5.92 Å². The van der Waals surface area contributed by atoms with Crippen molar-refractivity contribution < 1.29 is 4.79 Å². The van der Waals surface area contributed by atoms with Gasteiger partial charge in [0, 0.05) is 25.8 Å². The van der Waals surface area contributed by atoms with Gasteiger partial charge in [-0.3, -0.25) is 14.2 Å². The van der Waals surface area contributed by atoms with E-state index in [0.717, 1.165) is 44.5 Å². The van der Waals surface area contributed by atoms with Crippen molar-refractivity contribution >= 4 is 22.9 Å². The molecule has 1 amide bonds. The number of amides is 1. The fraction of sp³-hybridized carbons (Fsp3) is 0.481. The molecule has 1 aromatic carbocycles. The molecule has 3 aromatic rings. The van der Waals surface area contributed by atoms with Crippen LogP contribution in [0.25, 0.3) is 11.2 Å². The van der Waals surface area contributed by atoms with Gasteiger partial charge in [0.1, 0.15) is 5.52 Å². The molecule has 0 bridgehead atoms. The molecule has 4 rings (SSSR count). The van der Waals surface area contributed by atoms with Crippen molar-refractivity contribution in [1.82, 2.24) is 24.8 Å². The van der Waals surface area contributed by atoms with Crippen LogP contribution in [0.2, 0.25) is 0 Å². The van der Waals surface area contributed by atoms with Gasteiger partial charge in [0.05, 0.1) is 12.5 Å². The Balaban J connectivity index is 1.50. The Bertz CT molecular complexity index is 1180. The molecule has 1 N–H and O–H groups in total. The molecule has 0 radical (unpaired) electrons. The average molecular weight is 477 g/mol. The molecule has 0 unspecified atom stereocenters. The first kappa shape index (κ1) is 24.9.